The van der Waals surface area contributed by atoms with Gasteiger partial charge in [-0.25, -0.2) is 0 Å². The van der Waals surface area contributed by atoms with Crippen LogP contribution in [0.15, 0.2) is 34.8 Å². The average Bonchev–Trinajstić information content (AvgIpc) is 2.29. The maximum atomic E-state index is 5.74. The monoisotopic (exact) mass is 245 g/mol. The third kappa shape index (κ3) is 4.12. The van der Waals surface area contributed by atoms with Crippen LogP contribution in [0, 0.1) is 0 Å². The molecule has 15 heavy (non-hydrogen) atoms. The topological polar surface area (TPSA) is 21.3 Å². The lowest BCUT2D eigenvalue weighted by Gasteiger charge is -2.08. The molecular formula is C11H13Cl2NO. The maximum Gasteiger partial charge on any atom is 0.123 e. The SMILES string of the molecule is COc1ccccc1CNCC(Cl)=CCl. The molecule has 0 aromatic heterocycles. The Balaban J connectivity index is 2.50. The molecule has 0 heterocycles. The number of hydrogen-bond acceptors (Lipinski definition) is 2. The summed E-state index contributed by atoms with van der Waals surface area (Å²) < 4.78 is 5.22. The number of methoxy groups -OCH3 is 1. The van der Waals surface area contributed by atoms with Gasteiger partial charge in [0, 0.05) is 29.2 Å². The Kier molecular flexibility index (Phi) is 5.54. The zero-order valence-electron chi connectivity index (χ0n) is 8.47. The van der Waals surface area contributed by atoms with Crippen molar-refractivity contribution in [3.63, 3.8) is 0 Å². The van der Waals surface area contributed by atoms with E-state index in [1.165, 1.54) is 5.54 Å². The number of halogens is 2. The van der Waals surface area contributed by atoms with Crippen LogP contribution in [0.2, 0.25) is 0 Å². The van der Waals surface area contributed by atoms with Crippen molar-refractivity contribution < 1.29 is 4.74 Å². The molecule has 1 N–H and O–H groups in total. The number of nitrogens with one attached hydrogen (secondary N) is 1. The number of rotatable bonds is 5. The van der Waals surface area contributed by atoms with Gasteiger partial charge in [-0.15, -0.1) is 0 Å². The van der Waals surface area contributed by atoms with E-state index < -0.39 is 0 Å². The Morgan fingerprint density at radius 2 is 2.20 bits per heavy atom. The molecule has 1 aromatic carbocycles. The Hall–Kier alpha value is -0.700. The van der Waals surface area contributed by atoms with Gasteiger partial charge >= 0.3 is 0 Å². The molecule has 82 valence electrons. The third-order valence-corrected chi connectivity index (χ3v) is 2.54. The number of benzene rings is 1. The quantitative estimate of drug-likeness (QED) is 0.861. The fourth-order valence-corrected chi connectivity index (χ4v) is 1.38. The van der Waals surface area contributed by atoms with Gasteiger partial charge in [-0.2, -0.15) is 0 Å². The van der Waals surface area contributed by atoms with Crippen molar-refractivity contribution in [3.05, 3.63) is 40.4 Å². The van der Waals surface area contributed by atoms with Crippen molar-refractivity contribution in [2.45, 2.75) is 6.54 Å². The van der Waals surface area contributed by atoms with Crippen LogP contribution in [0.3, 0.4) is 0 Å². The summed E-state index contributed by atoms with van der Waals surface area (Å²) in [6.07, 6.45) is 0. The molecule has 0 bridgehead atoms. The minimum absolute atomic E-state index is 0.559. The normalized spacial score (nSPS) is 11.5. The summed E-state index contributed by atoms with van der Waals surface area (Å²) in [4.78, 5) is 0. The van der Waals surface area contributed by atoms with E-state index in [1.807, 2.05) is 24.3 Å². The van der Waals surface area contributed by atoms with Gasteiger partial charge in [0.25, 0.3) is 0 Å². The maximum absolute atomic E-state index is 5.74. The van der Waals surface area contributed by atoms with Crippen LogP contribution < -0.4 is 10.1 Å². The van der Waals surface area contributed by atoms with Crippen LogP contribution in [0.25, 0.3) is 0 Å². The standard InChI is InChI=1S/C11H13Cl2NO/c1-15-11-5-3-2-4-9(11)7-14-8-10(13)6-12/h2-6,14H,7-8H2,1H3. The molecular weight excluding hydrogens is 233 g/mol. The molecule has 0 saturated carbocycles. The lowest BCUT2D eigenvalue weighted by atomic mass is 10.2. The zero-order chi connectivity index (χ0) is 11.1. The molecule has 0 amide bonds. The highest BCUT2D eigenvalue weighted by Gasteiger charge is 2.00. The van der Waals surface area contributed by atoms with Gasteiger partial charge in [0.1, 0.15) is 5.75 Å². The van der Waals surface area contributed by atoms with Crippen molar-refractivity contribution >= 4 is 23.2 Å². The molecule has 0 aliphatic rings. The van der Waals surface area contributed by atoms with E-state index in [0.717, 1.165) is 11.3 Å². The first-order valence-electron chi connectivity index (χ1n) is 4.55. The molecule has 0 aliphatic carbocycles. The molecule has 1 aromatic rings. The Bertz CT molecular complexity index is 339. The van der Waals surface area contributed by atoms with Gasteiger partial charge in [0.15, 0.2) is 0 Å². The highest BCUT2D eigenvalue weighted by atomic mass is 35.5. The van der Waals surface area contributed by atoms with Gasteiger partial charge < -0.3 is 10.1 Å². The van der Waals surface area contributed by atoms with E-state index in [1.54, 1.807) is 7.11 Å². The summed E-state index contributed by atoms with van der Waals surface area (Å²) in [5.41, 5.74) is 2.45. The predicted octanol–water partition coefficient (Wildman–Crippen LogP) is 3.10. The summed E-state index contributed by atoms with van der Waals surface area (Å²) in [5, 5.41) is 3.75. The van der Waals surface area contributed by atoms with Gasteiger partial charge in [0.2, 0.25) is 0 Å². The van der Waals surface area contributed by atoms with Crippen molar-refractivity contribution in [2.24, 2.45) is 0 Å². The molecule has 0 saturated heterocycles. The second-order valence-corrected chi connectivity index (χ2v) is 3.68. The number of ether oxygens (including phenoxy) is 1. The van der Waals surface area contributed by atoms with Gasteiger partial charge in [-0.05, 0) is 6.07 Å². The number of hydrogen-bond donors (Lipinski definition) is 1. The van der Waals surface area contributed by atoms with Crippen molar-refractivity contribution in [1.82, 2.24) is 5.32 Å². The van der Waals surface area contributed by atoms with Crippen LogP contribution >= 0.6 is 23.2 Å². The second-order valence-electron chi connectivity index (χ2n) is 2.97. The molecule has 1 rings (SSSR count). The van der Waals surface area contributed by atoms with E-state index in [0.29, 0.717) is 18.1 Å². The molecule has 0 spiro atoms. The predicted molar refractivity (Wildman–Crippen MR) is 64.5 cm³/mol. The lowest BCUT2D eigenvalue weighted by molar-refractivity contribution is 0.408. The van der Waals surface area contributed by atoms with Crippen molar-refractivity contribution in [2.75, 3.05) is 13.7 Å². The first kappa shape index (κ1) is 12.4. The van der Waals surface area contributed by atoms with Crippen molar-refractivity contribution in [1.29, 1.82) is 0 Å². The minimum Gasteiger partial charge on any atom is -0.496 e. The zero-order valence-corrected chi connectivity index (χ0v) is 9.98. The first-order valence-corrected chi connectivity index (χ1v) is 5.36. The lowest BCUT2D eigenvalue weighted by Crippen LogP contribution is -2.15. The first-order chi connectivity index (χ1) is 7.27. The summed E-state index contributed by atoms with van der Waals surface area (Å²) in [6, 6.07) is 7.84. The van der Waals surface area contributed by atoms with Crippen LogP contribution in [-0.2, 0) is 6.54 Å². The third-order valence-electron chi connectivity index (χ3n) is 1.92. The summed E-state index contributed by atoms with van der Waals surface area (Å²) in [6.45, 7) is 1.26. The summed E-state index contributed by atoms with van der Waals surface area (Å²) in [5.74, 6) is 0.871. The summed E-state index contributed by atoms with van der Waals surface area (Å²) in [7, 11) is 1.66. The molecule has 0 fully saturated rings. The molecule has 0 unspecified atom stereocenters. The fourth-order valence-electron chi connectivity index (χ4n) is 1.20. The van der Waals surface area contributed by atoms with E-state index in [4.69, 9.17) is 27.9 Å². The van der Waals surface area contributed by atoms with Crippen LogP contribution in [0.4, 0.5) is 0 Å². The largest absolute Gasteiger partial charge is 0.496 e. The van der Waals surface area contributed by atoms with E-state index in [2.05, 4.69) is 5.32 Å². The smallest absolute Gasteiger partial charge is 0.123 e. The highest BCUT2D eigenvalue weighted by Crippen LogP contribution is 2.16. The Morgan fingerprint density at radius 1 is 1.47 bits per heavy atom. The fraction of sp³-hybridized carbons (Fsp3) is 0.273. The van der Waals surface area contributed by atoms with Gasteiger partial charge in [-0.3, -0.25) is 0 Å². The average molecular weight is 246 g/mol. The van der Waals surface area contributed by atoms with E-state index in [9.17, 15) is 0 Å². The highest BCUT2D eigenvalue weighted by molar-refractivity contribution is 6.36. The minimum atomic E-state index is 0.559. The molecule has 2 nitrogen and oxygen atoms in total. The van der Waals surface area contributed by atoms with Gasteiger partial charge in [0.05, 0.1) is 7.11 Å². The molecule has 0 atom stereocenters. The van der Waals surface area contributed by atoms with Crippen LogP contribution in [0.1, 0.15) is 5.56 Å². The summed E-state index contributed by atoms with van der Waals surface area (Å²) >= 11 is 11.2. The van der Waals surface area contributed by atoms with E-state index in [-0.39, 0.29) is 0 Å². The molecule has 0 aliphatic heterocycles. The molecule has 4 heteroatoms. The van der Waals surface area contributed by atoms with Crippen molar-refractivity contribution in [3.8, 4) is 5.75 Å². The van der Waals surface area contributed by atoms with E-state index >= 15 is 0 Å². The number of para-hydroxylation sites is 1. The second kappa shape index (κ2) is 6.72. The Morgan fingerprint density at radius 3 is 2.87 bits per heavy atom. The van der Waals surface area contributed by atoms with Crippen LogP contribution in [0.5, 0.6) is 5.75 Å². The Labute approximate surface area is 99.8 Å². The van der Waals surface area contributed by atoms with Gasteiger partial charge in [-0.1, -0.05) is 41.4 Å². The molecule has 0 radical (unpaired) electrons. The van der Waals surface area contributed by atoms with Crippen LogP contribution in [-0.4, -0.2) is 13.7 Å².